The molecule has 25 heavy (non-hydrogen) atoms. The predicted octanol–water partition coefficient (Wildman–Crippen LogP) is 3.32. The summed E-state index contributed by atoms with van der Waals surface area (Å²) < 4.78 is 9.67. The van der Waals surface area contributed by atoms with Crippen LogP contribution in [-0.2, 0) is 9.47 Å². The van der Waals surface area contributed by atoms with Crippen molar-refractivity contribution in [2.75, 3.05) is 30.0 Å². The van der Waals surface area contributed by atoms with Crippen LogP contribution in [0.4, 0.5) is 26.9 Å². The summed E-state index contributed by atoms with van der Waals surface area (Å²) >= 11 is 0. The normalized spacial score (nSPS) is 10.0. The second kappa shape index (κ2) is 10.1. The minimum absolute atomic E-state index is 0.0769. The van der Waals surface area contributed by atoms with Gasteiger partial charge in [0, 0.05) is 12.6 Å². The van der Waals surface area contributed by atoms with Crippen molar-refractivity contribution < 1.29 is 24.0 Å². The third-order valence-corrected chi connectivity index (χ3v) is 3.05. The van der Waals surface area contributed by atoms with E-state index in [1.807, 2.05) is 6.92 Å². The fraction of sp³-hybridized carbons (Fsp3) is 0.533. The van der Waals surface area contributed by atoms with E-state index in [0.29, 0.717) is 13.0 Å². The van der Waals surface area contributed by atoms with E-state index in [1.54, 1.807) is 13.8 Å². The Hall–Kier alpha value is -2.91. The molecule has 1 N–H and O–H groups in total. The smallest absolute Gasteiger partial charge is 0.417 e. The maximum absolute atomic E-state index is 12.1. The Bertz CT molecular complexity index is 622. The van der Waals surface area contributed by atoms with Crippen molar-refractivity contribution in [3.05, 3.63) is 22.2 Å². The molecule has 0 radical (unpaired) electrons. The summed E-state index contributed by atoms with van der Waals surface area (Å²) in [5.74, 6) is -0.510. The van der Waals surface area contributed by atoms with E-state index in [1.165, 1.54) is 17.0 Å². The summed E-state index contributed by atoms with van der Waals surface area (Å²) in [5.41, 5.74) is -0.119. The second-order valence-corrected chi connectivity index (χ2v) is 4.85. The van der Waals surface area contributed by atoms with Crippen LogP contribution in [0, 0.1) is 10.1 Å². The molecule has 0 aliphatic heterocycles. The Morgan fingerprint density at radius 1 is 1.24 bits per heavy atom. The largest absolute Gasteiger partial charge is 0.450 e. The Morgan fingerprint density at radius 3 is 2.48 bits per heavy atom. The van der Waals surface area contributed by atoms with E-state index in [0.717, 1.165) is 6.42 Å². The van der Waals surface area contributed by atoms with Crippen molar-refractivity contribution in [2.45, 2.75) is 33.6 Å². The molecule has 0 aromatic carbocycles. The fourth-order valence-electron chi connectivity index (χ4n) is 1.92. The van der Waals surface area contributed by atoms with Crippen LogP contribution in [0.3, 0.4) is 0 Å². The number of carbonyl (C=O) groups is 2. The van der Waals surface area contributed by atoms with Crippen LogP contribution in [0.25, 0.3) is 0 Å². The third kappa shape index (κ3) is 5.90. The highest BCUT2D eigenvalue weighted by Crippen LogP contribution is 2.26. The number of nitro groups is 1. The van der Waals surface area contributed by atoms with Gasteiger partial charge in [0.05, 0.1) is 13.2 Å². The number of amides is 2. The lowest BCUT2D eigenvalue weighted by Crippen LogP contribution is -2.33. The molecule has 0 saturated heterocycles. The number of hydrogen-bond acceptors (Lipinski definition) is 7. The van der Waals surface area contributed by atoms with Gasteiger partial charge in [-0.15, -0.1) is 0 Å². The number of unbranched alkanes of at least 4 members (excludes halogenated alkanes) is 1. The molecule has 0 saturated carbocycles. The number of hydrogen-bond donors (Lipinski definition) is 1. The summed E-state index contributed by atoms with van der Waals surface area (Å²) in [7, 11) is 0. The number of aromatic nitrogens is 1. The van der Waals surface area contributed by atoms with Gasteiger partial charge in [-0.2, -0.15) is 0 Å². The molecule has 1 heterocycles. The SMILES string of the molecule is CCCCN(C(=O)OCC)c1ccc(NC(=O)OCC)c([N+](=O)[O-])n1. The van der Waals surface area contributed by atoms with E-state index >= 15 is 0 Å². The van der Waals surface area contributed by atoms with Crippen LogP contribution in [0.5, 0.6) is 0 Å². The van der Waals surface area contributed by atoms with Gasteiger partial charge in [-0.05, 0) is 36.2 Å². The average Bonchev–Trinajstić information content (AvgIpc) is 2.56. The molecule has 1 aromatic rings. The van der Waals surface area contributed by atoms with Gasteiger partial charge in [0.15, 0.2) is 0 Å². The number of rotatable bonds is 8. The first-order valence-electron chi connectivity index (χ1n) is 7.98. The highest BCUT2D eigenvalue weighted by molar-refractivity contribution is 5.89. The molecule has 0 bridgehead atoms. The monoisotopic (exact) mass is 354 g/mol. The lowest BCUT2D eigenvalue weighted by Gasteiger charge is -2.18. The molecule has 10 heteroatoms. The highest BCUT2D eigenvalue weighted by atomic mass is 16.6. The minimum atomic E-state index is -0.826. The maximum Gasteiger partial charge on any atom is 0.417 e. The Balaban J connectivity index is 3.16. The molecular weight excluding hydrogens is 332 g/mol. The molecule has 10 nitrogen and oxygen atoms in total. The number of pyridine rings is 1. The molecule has 0 unspecified atom stereocenters. The Morgan fingerprint density at radius 2 is 1.92 bits per heavy atom. The van der Waals surface area contributed by atoms with Crippen molar-refractivity contribution in [3.63, 3.8) is 0 Å². The molecule has 0 fully saturated rings. The van der Waals surface area contributed by atoms with E-state index in [4.69, 9.17) is 9.47 Å². The lowest BCUT2D eigenvalue weighted by molar-refractivity contribution is -0.388. The molecule has 0 aliphatic rings. The van der Waals surface area contributed by atoms with Crippen LogP contribution < -0.4 is 10.2 Å². The fourth-order valence-corrected chi connectivity index (χ4v) is 1.92. The molecule has 0 spiro atoms. The number of nitrogens with zero attached hydrogens (tertiary/aromatic N) is 3. The molecule has 2 amide bonds. The van der Waals surface area contributed by atoms with Gasteiger partial charge in [-0.1, -0.05) is 13.3 Å². The average molecular weight is 354 g/mol. The van der Waals surface area contributed by atoms with Gasteiger partial charge in [0.2, 0.25) is 0 Å². The topological polar surface area (TPSA) is 124 Å². The van der Waals surface area contributed by atoms with Gasteiger partial charge < -0.3 is 19.6 Å². The Kier molecular flexibility index (Phi) is 8.10. The first-order chi connectivity index (χ1) is 11.9. The van der Waals surface area contributed by atoms with Crippen LogP contribution in [0.2, 0.25) is 0 Å². The number of carbonyl (C=O) groups excluding carboxylic acids is 2. The first-order valence-corrected chi connectivity index (χ1v) is 7.98. The maximum atomic E-state index is 12.1. The Labute approximate surface area is 145 Å². The van der Waals surface area contributed by atoms with Crippen LogP contribution in [0.15, 0.2) is 12.1 Å². The van der Waals surface area contributed by atoms with E-state index in [-0.39, 0.29) is 24.7 Å². The van der Waals surface area contributed by atoms with Crippen LogP contribution in [0.1, 0.15) is 33.6 Å². The quantitative estimate of drug-likeness (QED) is 0.561. The summed E-state index contributed by atoms with van der Waals surface area (Å²) in [6.45, 7) is 5.83. The standard InChI is InChI=1S/C15H22N4O6/c1-4-7-10-18(15(21)25-6-3)12-9-8-11(13(17-12)19(22)23)16-14(20)24-5-2/h8-9H,4-7,10H2,1-3H3,(H,16,20). The minimum Gasteiger partial charge on any atom is -0.450 e. The number of anilines is 2. The molecule has 1 rings (SSSR count). The molecule has 1 aromatic heterocycles. The van der Waals surface area contributed by atoms with Gasteiger partial charge >= 0.3 is 18.0 Å². The molecular formula is C15H22N4O6. The second-order valence-electron chi connectivity index (χ2n) is 4.85. The summed E-state index contributed by atoms with van der Waals surface area (Å²) in [6, 6.07) is 2.71. The van der Waals surface area contributed by atoms with E-state index in [9.17, 15) is 19.7 Å². The van der Waals surface area contributed by atoms with Crippen molar-refractivity contribution in [2.24, 2.45) is 0 Å². The first kappa shape index (κ1) is 20.1. The zero-order valence-corrected chi connectivity index (χ0v) is 14.5. The van der Waals surface area contributed by atoms with Crippen LogP contribution >= 0.6 is 0 Å². The van der Waals surface area contributed by atoms with Gasteiger partial charge in [-0.3, -0.25) is 5.32 Å². The molecule has 0 atom stereocenters. The van der Waals surface area contributed by atoms with Crippen LogP contribution in [-0.4, -0.2) is 41.9 Å². The third-order valence-electron chi connectivity index (χ3n) is 3.05. The van der Waals surface area contributed by atoms with Gasteiger partial charge in [0.25, 0.3) is 5.82 Å². The van der Waals surface area contributed by atoms with Gasteiger partial charge in [0.1, 0.15) is 5.69 Å². The predicted molar refractivity (Wildman–Crippen MR) is 90.8 cm³/mol. The van der Waals surface area contributed by atoms with Crippen molar-refractivity contribution >= 4 is 29.5 Å². The summed E-state index contributed by atoms with van der Waals surface area (Å²) in [5, 5.41) is 13.5. The van der Waals surface area contributed by atoms with Crippen molar-refractivity contribution in [1.82, 2.24) is 4.98 Å². The zero-order valence-electron chi connectivity index (χ0n) is 14.5. The van der Waals surface area contributed by atoms with E-state index in [2.05, 4.69) is 10.3 Å². The van der Waals surface area contributed by atoms with Gasteiger partial charge in [-0.25, -0.2) is 14.5 Å². The summed E-state index contributed by atoms with van der Waals surface area (Å²) in [4.78, 5) is 39.2. The molecule has 0 aliphatic carbocycles. The van der Waals surface area contributed by atoms with E-state index < -0.39 is 22.9 Å². The molecule has 138 valence electrons. The van der Waals surface area contributed by atoms with Crippen molar-refractivity contribution in [3.8, 4) is 0 Å². The zero-order chi connectivity index (χ0) is 18.8. The summed E-state index contributed by atoms with van der Waals surface area (Å²) in [6.07, 6.45) is 0.0367. The number of ether oxygens (including phenoxy) is 2. The highest BCUT2D eigenvalue weighted by Gasteiger charge is 2.26. The van der Waals surface area contributed by atoms with Crippen molar-refractivity contribution in [1.29, 1.82) is 0 Å². The lowest BCUT2D eigenvalue weighted by atomic mass is 10.3. The number of nitrogens with one attached hydrogen (secondary N) is 1.